The van der Waals surface area contributed by atoms with E-state index in [0.29, 0.717) is 0 Å². The van der Waals surface area contributed by atoms with Crippen LogP contribution in [0.3, 0.4) is 0 Å². The maximum atomic E-state index is 5.98. The third kappa shape index (κ3) is 1.70. The summed E-state index contributed by atoms with van der Waals surface area (Å²) in [6.45, 7) is 4.22. The van der Waals surface area contributed by atoms with Gasteiger partial charge in [-0.1, -0.05) is 13.0 Å². The van der Waals surface area contributed by atoms with E-state index in [1.807, 2.05) is 18.2 Å². The van der Waals surface area contributed by atoms with Crippen molar-refractivity contribution in [2.24, 2.45) is 0 Å². The van der Waals surface area contributed by atoms with Crippen LogP contribution in [-0.2, 0) is 5.41 Å². The van der Waals surface area contributed by atoms with Gasteiger partial charge in [-0.05, 0) is 47.4 Å². The second-order valence-corrected chi connectivity index (χ2v) is 5.52. The highest BCUT2D eigenvalue weighted by Gasteiger charge is 2.38. The number of aromatic nitrogens is 1. The van der Waals surface area contributed by atoms with Gasteiger partial charge in [0.25, 0.3) is 0 Å². The molecule has 2 aromatic rings. The normalized spacial score (nSPS) is 24.6. The van der Waals surface area contributed by atoms with Crippen LogP contribution in [0, 0.1) is 0 Å². The van der Waals surface area contributed by atoms with Gasteiger partial charge in [0.15, 0.2) is 5.58 Å². The first kappa shape index (κ1) is 11.2. The highest BCUT2D eigenvalue weighted by Crippen LogP contribution is 2.36. The molecule has 2 heterocycles. The van der Waals surface area contributed by atoms with Gasteiger partial charge in [0.1, 0.15) is 5.52 Å². The van der Waals surface area contributed by atoms with Crippen molar-refractivity contribution in [1.29, 1.82) is 0 Å². The van der Waals surface area contributed by atoms with Crippen molar-refractivity contribution in [3.8, 4) is 0 Å². The molecular weight excluding hydrogens is 280 g/mol. The lowest BCUT2D eigenvalue weighted by Gasteiger charge is -2.21. The third-order valence-electron chi connectivity index (χ3n) is 3.74. The molecule has 0 aliphatic carbocycles. The van der Waals surface area contributed by atoms with Crippen LogP contribution >= 0.6 is 15.9 Å². The first-order chi connectivity index (χ1) is 8.25. The van der Waals surface area contributed by atoms with Gasteiger partial charge in [-0.15, -0.1) is 0 Å². The summed E-state index contributed by atoms with van der Waals surface area (Å²) >= 11 is 3.51. The predicted octanol–water partition coefficient (Wildman–Crippen LogP) is 3.23. The molecule has 1 fully saturated rings. The van der Waals surface area contributed by atoms with Gasteiger partial charge in [-0.2, -0.15) is 0 Å². The molecule has 90 valence electrons. The number of nitrogens with one attached hydrogen (secondary N) is 1. The number of para-hydroxylation sites is 1. The van der Waals surface area contributed by atoms with E-state index in [1.54, 1.807) is 0 Å². The monoisotopic (exact) mass is 294 g/mol. The van der Waals surface area contributed by atoms with E-state index in [-0.39, 0.29) is 5.41 Å². The van der Waals surface area contributed by atoms with Gasteiger partial charge in [0.2, 0.25) is 5.89 Å². The molecule has 1 atom stereocenters. The minimum atomic E-state index is 0.0818. The number of nitrogens with zero attached hydrogens (tertiary/aromatic N) is 1. The number of oxazole rings is 1. The molecule has 3 rings (SSSR count). The van der Waals surface area contributed by atoms with Crippen LogP contribution in [0.1, 0.15) is 25.7 Å². The largest absolute Gasteiger partial charge is 0.439 e. The zero-order chi connectivity index (χ0) is 11.9. The highest BCUT2D eigenvalue weighted by molar-refractivity contribution is 9.10. The van der Waals surface area contributed by atoms with Gasteiger partial charge in [-0.3, -0.25) is 0 Å². The highest BCUT2D eigenvalue weighted by atomic mass is 79.9. The van der Waals surface area contributed by atoms with Crippen molar-refractivity contribution in [1.82, 2.24) is 10.3 Å². The summed E-state index contributed by atoms with van der Waals surface area (Å²) in [5.74, 6) is 0.881. The van der Waals surface area contributed by atoms with E-state index in [1.165, 1.54) is 0 Å². The number of hydrogen-bond acceptors (Lipinski definition) is 3. The lowest BCUT2D eigenvalue weighted by atomic mass is 9.84. The van der Waals surface area contributed by atoms with E-state index >= 15 is 0 Å². The Morgan fingerprint density at radius 1 is 1.53 bits per heavy atom. The van der Waals surface area contributed by atoms with Gasteiger partial charge >= 0.3 is 0 Å². The average molecular weight is 295 g/mol. The fourth-order valence-corrected chi connectivity index (χ4v) is 2.96. The number of fused-ring (bicyclic) bond motifs is 1. The Morgan fingerprint density at radius 3 is 3.06 bits per heavy atom. The zero-order valence-electron chi connectivity index (χ0n) is 9.79. The Labute approximate surface area is 109 Å². The summed E-state index contributed by atoms with van der Waals surface area (Å²) in [5, 5.41) is 3.41. The molecule has 1 aromatic heterocycles. The van der Waals surface area contributed by atoms with E-state index in [4.69, 9.17) is 4.42 Å². The van der Waals surface area contributed by atoms with E-state index in [9.17, 15) is 0 Å². The topological polar surface area (TPSA) is 38.1 Å². The van der Waals surface area contributed by atoms with Crippen LogP contribution in [0.15, 0.2) is 27.1 Å². The predicted molar refractivity (Wildman–Crippen MR) is 71.2 cm³/mol. The van der Waals surface area contributed by atoms with Crippen LogP contribution in [-0.4, -0.2) is 18.1 Å². The number of rotatable bonds is 2. The van der Waals surface area contributed by atoms with Crippen molar-refractivity contribution in [3.63, 3.8) is 0 Å². The number of halogens is 1. The smallest absolute Gasteiger partial charge is 0.203 e. The number of benzene rings is 1. The van der Waals surface area contributed by atoms with Crippen molar-refractivity contribution in [2.45, 2.75) is 25.2 Å². The molecule has 4 heteroatoms. The van der Waals surface area contributed by atoms with E-state index < -0.39 is 0 Å². The molecular formula is C13H15BrN2O. The lowest BCUT2D eigenvalue weighted by molar-refractivity contribution is 0.344. The van der Waals surface area contributed by atoms with Crippen molar-refractivity contribution >= 4 is 27.0 Å². The standard InChI is InChI=1S/C13H15BrN2O/c1-2-13(6-7-15-8-13)12-16-10-5-3-4-9(14)11(10)17-12/h3-5,15H,2,6-8H2,1H3. The third-order valence-corrected chi connectivity index (χ3v) is 4.37. The molecule has 0 spiro atoms. The minimum Gasteiger partial charge on any atom is -0.439 e. The van der Waals surface area contributed by atoms with E-state index in [0.717, 1.165) is 47.4 Å². The molecule has 1 aliphatic rings. The molecule has 3 nitrogen and oxygen atoms in total. The average Bonchev–Trinajstić information content (AvgIpc) is 2.96. The summed E-state index contributed by atoms with van der Waals surface area (Å²) in [7, 11) is 0. The molecule has 1 aromatic carbocycles. The molecule has 1 saturated heterocycles. The molecule has 0 radical (unpaired) electrons. The van der Waals surface area contributed by atoms with Crippen LogP contribution in [0.25, 0.3) is 11.1 Å². The van der Waals surface area contributed by atoms with Gasteiger partial charge in [-0.25, -0.2) is 4.98 Å². The summed E-state index contributed by atoms with van der Waals surface area (Å²) in [5.41, 5.74) is 1.88. The Hall–Kier alpha value is -0.870. The zero-order valence-corrected chi connectivity index (χ0v) is 11.4. The van der Waals surface area contributed by atoms with Crippen molar-refractivity contribution in [2.75, 3.05) is 13.1 Å². The van der Waals surface area contributed by atoms with Crippen LogP contribution in [0.2, 0.25) is 0 Å². The molecule has 17 heavy (non-hydrogen) atoms. The maximum absolute atomic E-state index is 5.98. The van der Waals surface area contributed by atoms with Gasteiger partial charge < -0.3 is 9.73 Å². The molecule has 0 bridgehead atoms. The molecule has 1 aliphatic heterocycles. The van der Waals surface area contributed by atoms with Crippen molar-refractivity contribution in [3.05, 3.63) is 28.6 Å². The first-order valence-electron chi connectivity index (χ1n) is 6.01. The molecule has 1 N–H and O–H groups in total. The minimum absolute atomic E-state index is 0.0818. The summed E-state index contributed by atoms with van der Waals surface area (Å²) in [6, 6.07) is 5.98. The summed E-state index contributed by atoms with van der Waals surface area (Å²) < 4.78 is 6.96. The lowest BCUT2D eigenvalue weighted by Crippen LogP contribution is -2.28. The maximum Gasteiger partial charge on any atom is 0.203 e. The summed E-state index contributed by atoms with van der Waals surface area (Å²) in [6.07, 6.45) is 2.17. The molecule has 0 saturated carbocycles. The SMILES string of the molecule is CCC1(c2nc3cccc(Br)c3o2)CCNC1. The van der Waals surface area contributed by atoms with Gasteiger partial charge in [0.05, 0.1) is 9.89 Å². The Kier molecular flexibility index (Phi) is 2.71. The fourth-order valence-electron chi connectivity index (χ4n) is 2.52. The number of hydrogen-bond donors (Lipinski definition) is 1. The van der Waals surface area contributed by atoms with E-state index in [2.05, 4.69) is 33.2 Å². The molecule has 0 amide bonds. The summed E-state index contributed by atoms with van der Waals surface area (Å²) in [4.78, 5) is 4.66. The Bertz CT molecular complexity index is 543. The second kappa shape index (κ2) is 4.10. The van der Waals surface area contributed by atoms with Crippen LogP contribution in [0.5, 0.6) is 0 Å². The fraction of sp³-hybridized carbons (Fsp3) is 0.462. The van der Waals surface area contributed by atoms with Crippen LogP contribution in [0.4, 0.5) is 0 Å². The first-order valence-corrected chi connectivity index (χ1v) is 6.81. The Morgan fingerprint density at radius 2 is 2.41 bits per heavy atom. The van der Waals surface area contributed by atoms with Gasteiger partial charge in [0, 0.05) is 6.54 Å². The van der Waals surface area contributed by atoms with Crippen LogP contribution < -0.4 is 5.32 Å². The quantitative estimate of drug-likeness (QED) is 0.924. The van der Waals surface area contributed by atoms with Crippen molar-refractivity contribution < 1.29 is 4.42 Å². The Balaban J connectivity index is 2.14. The second-order valence-electron chi connectivity index (χ2n) is 4.67. The molecule has 1 unspecified atom stereocenters.